The Balaban J connectivity index is 1.25. The second-order valence-electron chi connectivity index (χ2n) is 8.96. The van der Waals surface area contributed by atoms with Crippen LogP contribution in [-0.4, -0.2) is 6.10 Å². The van der Waals surface area contributed by atoms with Crippen molar-refractivity contribution in [2.45, 2.75) is 102 Å². The molecular weight excluding hydrogens is 304 g/mol. The summed E-state index contributed by atoms with van der Waals surface area (Å²) >= 11 is 0. The third kappa shape index (κ3) is 4.60. The van der Waals surface area contributed by atoms with Crippen LogP contribution in [0.15, 0.2) is 24.3 Å². The molecule has 0 unspecified atom stereocenters. The van der Waals surface area contributed by atoms with E-state index in [1.54, 1.807) is 0 Å². The normalized spacial score (nSPS) is 29.4. The number of hydrogen-bond acceptors (Lipinski definition) is 1. The minimum atomic E-state index is 0.459. The molecular formula is C24H36O. The summed E-state index contributed by atoms with van der Waals surface area (Å²) < 4.78 is 6.33. The smallest absolute Gasteiger partial charge is 0.119 e. The fraction of sp³-hybridized carbons (Fsp3) is 0.750. The second kappa shape index (κ2) is 8.60. The Labute approximate surface area is 154 Å². The lowest BCUT2D eigenvalue weighted by atomic mass is 9.73. The molecule has 0 heterocycles. The lowest BCUT2D eigenvalue weighted by molar-refractivity contribution is 0.0991. The van der Waals surface area contributed by atoms with Gasteiger partial charge in [0.25, 0.3) is 0 Å². The standard InChI is InChI=1S/C24H36O/c1-3-7-19(8-4-1)21-11-15-23(16-12-21)25-24-17-13-22(14-18-24)20-9-5-2-6-10-20/h11-12,15-16,19-20,22,24H,1-10,13-14,17-18H2. The summed E-state index contributed by atoms with van der Waals surface area (Å²) in [5.41, 5.74) is 1.54. The number of hydrogen-bond donors (Lipinski definition) is 0. The molecule has 0 saturated heterocycles. The Morgan fingerprint density at radius 1 is 0.560 bits per heavy atom. The molecule has 0 spiro atoms. The van der Waals surface area contributed by atoms with Gasteiger partial charge >= 0.3 is 0 Å². The first-order chi connectivity index (χ1) is 12.4. The van der Waals surface area contributed by atoms with E-state index in [0.717, 1.165) is 23.5 Å². The predicted molar refractivity (Wildman–Crippen MR) is 105 cm³/mol. The monoisotopic (exact) mass is 340 g/mol. The first-order valence-corrected chi connectivity index (χ1v) is 11.1. The maximum absolute atomic E-state index is 6.33. The van der Waals surface area contributed by atoms with Crippen LogP contribution in [0.2, 0.25) is 0 Å². The third-order valence-electron chi connectivity index (χ3n) is 7.29. The van der Waals surface area contributed by atoms with Gasteiger partial charge in [-0.05, 0) is 74.0 Å². The fourth-order valence-electron chi connectivity index (χ4n) is 5.73. The Morgan fingerprint density at radius 3 is 1.76 bits per heavy atom. The molecule has 25 heavy (non-hydrogen) atoms. The largest absolute Gasteiger partial charge is 0.490 e. The van der Waals surface area contributed by atoms with E-state index in [9.17, 15) is 0 Å². The van der Waals surface area contributed by atoms with Crippen LogP contribution in [0.1, 0.15) is 101 Å². The van der Waals surface area contributed by atoms with E-state index in [1.807, 2.05) is 0 Å². The molecule has 3 saturated carbocycles. The van der Waals surface area contributed by atoms with Crippen LogP contribution in [0.4, 0.5) is 0 Å². The van der Waals surface area contributed by atoms with Crippen LogP contribution in [0.25, 0.3) is 0 Å². The second-order valence-corrected chi connectivity index (χ2v) is 8.96. The van der Waals surface area contributed by atoms with Gasteiger partial charge in [-0.2, -0.15) is 0 Å². The van der Waals surface area contributed by atoms with E-state index in [1.165, 1.54) is 95.5 Å². The molecule has 3 aliphatic rings. The molecule has 1 heteroatoms. The van der Waals surface area contributed by atoms with E-state index in [4.69, 9.17) is 4.74 Å². The summed E-state index contributed by atoms with van der Waals surface area (Å²) in [6.45, 7) is 0. The van der Waals surface area contributed by atoms with Gasteiger partial charge in [-0.1, -0.05) is 63.5 Å². The van der Waals surface area contributed by atoms with E-state index in [-0.39, 0.29) is 0 Å². The van der Waals surface area contributed by atoms with Crippen LogP contribution < -0.4 is 4.74 Å². The maximum Gasteiger partial charge on any atom is 0.119 e. The highest BCUT2D eigenvalue weighted by molar-refractivity contribution is 5.30. The molecule has 4 rings (SSSR count). The van der Waals surface area contributed by atoms with Crippen LogP contribution >= 0.6 is 0 Å². The zero-order chi connectivity index (χ0) is 16.9. The van der Waals surface area contributed by atoms with Crippen molar-refractivity contribution in [3.05, 3.63) is 29.8 Å². The first kappa shape index (κ1) is 17.4. The zero-order valence-corrected chi connectivity index (χ0v) is 15.9. The molecule has 1 aromatic rings. The number of rotatable bonds is 4. The molecule has 0 bridgehead atoms. The summed E-state index contributed by atoms with van der Waals surface area (Å²) in [4.78, 5) is 0. The van der Waals surface area contributed by atoms with Crippen molar-refractivity contribution in [1.29, 1.82) is 0 Å². The topological polar surface area (TPSA) is 9.23 Å². The van der Waals surface area contributed by atoms with Crippen molar-refractivity contribution in [2.75, 3.05) is 0 Å². The molecule has 0 amide bonds. The van der Waals surface area contributed by atoms with Gasteiger partial charge in [0, 0.05) is 0 Å². The lowest BCUT2D eigenvalue weighted by Gasteiger charge is -2.35. The van der Waals surface area contributed by atoms with Crippen molar-refractivity contribution >= 4 is 0 Å². The van der Waals surface area contributed by atoms with Crippen LogP contribution in [0, 0.1) is 11.8 Å². The highest BCUT2D eigenvalue weighted by Gasteiger charge is 2.29. The maximum atomic E-state index is 6.33. The van der Waals surface area contributed by atoms with E-state index < -0.39 is 0 Å². The van der Waals surface area contributed by atoms with Gasteiger partial charge in [-0.15, -0.1) is 0 Å². The quantitative estimate of drug-likeness (QED) is 0.560. The van der Waals surface area contributed by atoms with E-state index in [2.05, 4.69) is 24.3 Å². The van der Waals surface area contributed by atoms with Gasteiger partial charge in [-0.25, -0.2) is 0 Å². The van der Waals surface area contributed by atoms with Crippen molar-refractivity contribution in [2.24, 2.45) is 11.8 Å². The summed E-state index contributed by atoms with van der Waals surface area (Å²) in [6.07, 6.45) is 20.2. The van der Waals surface area contributed by atoms with Crippen molar-refractivity contribution in [1.82, 2.24) is 0 Å². The summed E-state index contributed by atoms with van der Waals surface area (Å²) in [5.74, 6) is 3.92. The van der Waals surface area contributed by atoms with Gasteiger partial charge in [-0.3, -0.25) is 0 Å². The van der Waals surface area contributed by atoms with Gasteiger partial charge in [0.15, 0.2) is 0 Å². The molecule has 3 fully saturated rings. The molecule has 0 atom stereocenters. The number of benzene rings is 1. The summed E-state index contributed by atoms with van der Waals surface area (Å²) in [6, 6.07) is 9.13. The predicted octanol–water partition coefficient (Wildman–Crippen LogP) is 7.25. The van der Waals surface area contributed by atoms with E-state index >= 15 is 0 Å². The summed E-state index contributed by atoms with van der Waals surface area (Å²) in [7, 11) is 0. The Hall–Kier alpha value is -0.980. The average Bonchev–Trinajstić information content (AvgIpc) is 2.71. The Bertz CT molecular complexity index is 499. The molecule has 0 aliphatic heterocycles. The van der Waals surface area contributed by atoms with Gasteiger partial charge in [0.05, 0.1) is 6.10 Å². The Morgan fingerprint density at radius 2 is 1.12 bits per heavy atom. The molecule has 0 N–H and O–H groups in total. The molecule has 1 aromatic carbocycles. The highest BCUT2D eigenvalue weighted by Crippen LogP contribution is 2.39. The van der Waals surface area contributed by atoms with E-state index in [0.29, 0.717) is 6.10 Å². The van der Waals surface area contributed by atoms with Crippen molar-refractivity contribution in [3.8, 4) is 5.75 Å². The number of ether oxygens (including phenoxy) is 1. The van der Waals surface area contributed by atoms with Gasteiger partial charge in [0.2, 0.25) is 0 Å². The zero-order valence-electron chi connectivity index (χ0n) is 15.9. The highest BCUT2D eigenvalue weighted by atomic mass is 16.5. The minimum Gasteiger partial charge on any atom is -0.490 e. The SMILES string of the molecule is c1cc(C2CCCCC2)ccc1OC1CCC(C2CCCCC2)CC1. The summed E-state index contributed by atoms with van der Waals surface area (Å²) in [5, 5.41) is 0. The van der Waals surface area contributed by atoms with Crippen LogP contribution in [0.3, 0.4) is 0 Å². The van der Waals surface area contributed by atoms with Crippen LogP contribution in [-0.2, 0) is 0 Å². The van der Waals surface area contributed by atoms with Crippen molar-refractivity contribution < 1.29 is 4.74 Å². The third-order valence-corrected chi connectivity index (χ3v) is 7.29. The first-order valence-electron chi connectivity index (χ1n) is 11.1. The molecule has 0 aromatic heterocycles. The van der Waals surface area contributed by atoms with Crippen LogP contribution in [0.5, 0.6) is 5.75 Å². The van der Waals surface area contributed by atoms with Gasteiger partial charge < -0.3 is 4.74 Å². The van der Waals surface area contributed by atoms with Crippen molar-refractivity contribution in [3.63, 3.8) is 0 Å². The lowest BCUT2D eigenvalue weighted by Crippen LogP contribution is -2.28. The molecule has 138 valence electrons. The fourth-order valence-corrected chi connectivity index (χ4v) is 5.73. The Kier molecular flexibility index (Phi) is 6.00. The molecule has 1 nitrogen and oxygen atoms in total. The average molecular weight is 341 g/mol. The molecule has 0 radical (unpaired) electrons. The van der Waals surface area contributed by atoms with Gasteiger partial charge in [0.1, 0.15) is 5.75 Å². The minimum absolute atomic E-state index is 0.459. The molecule has 3 aliphatic carbocycles.